The molecule has 1 aromatic carbocycles. The monoisotopic (exact) mass is 306 g/mol. The maximum absolute atomic E-state index is 9.11. The van der Waals surface area contributed by atoms with Crippen LogP contribution < -0.4 is 11.1 Å². The molecule has 0 saturated heterocycles. The van der Waals surface area contributed by atoms with Crippen molar-refractivity contribution in [1.82, 2.24) is 0 Å². The van der Waals surface area contributed by atoms with E-state index in [0.717, 1.165) is 14.9 Å². The molecule has 1 aromatic rings. The summed E-state index contributed by atoms with van der Waals surface area (Å²) in [5.74, 6) is 0. The summed E-state index contributed by atoms with van der Waals surface area (Å²) in [5, 5.41) is 12.4. The van der Waals surface area contributed by atoms with E-state index in [1.54, 1.807) is 0 Å². The molecule has 1 rings (SSSR count). The molecule has 0 fully saturated rings. The number of benzene rings is 1. The molecule has 0 spiro atoms. The van der Waals surface area contributed by atoms with Crippen molar-refractivity contribution in [2.45, 2.75) is 19.4 Å². The van der Waals surface area contributed by atoms with Gasteiger partial charge in [-0.3, -0.25) is 0 Å². The van der Waals surface area contributed by atoms with Crippen LogP contribution in [0.1, 0.15) is 13.8 Å². The van der Waals surface area contributed by atoms with Gasteiger partial charge in [-0.15, -0.1) is 0 Å². The van der Waals surface area contributed by atoms with Crippen LogP contribution in [0.15, 0.2) is 18.2 Å². The van der Waals surface area contributed by atoms with E-state index in [2.05, 4.69) is 27.9 Å². The highest BCUT2D eigenvalue weighted by atomic mass is 127. The third kappa shape index (κ3) is 3.02. The number of rotatable bonds is 3. The number of hydrogen-bond acceptors (Lipinski definition) is 3. The van der Waals surface area contributed by atoms with Gasteiger partial charge < -0.3 is 16.2 Å². The Kier molecular flexibility index (Phi) is 3.60. The summed E-state index contributed by atoms with van der Waals surface area (Å²) in [6.45, 7) is 3.98. The third-order valence-electron chi connectivity index (χ3n) is 1.86. The summed E-state index contributed by atoms with van der Waals surface area (Å²) in [7, 11) is 0. The zero-order chi connectivity index (χ0) is 10.8. The van der Waals surface area contributed by atoms with Gasteiger partial charge in [0.25, 0.3) is 0 Å². The SMILES string of the molecule is CC(C)(CO)Nc1ccc(N)cc1I. The number of nitrogens with one attached hydrogen (secondary N) is 1. The lowest BCUT2D eigenvalue weighted by Gasteiger charge is -2.25. The lowest BCUT2D eigenvalue weighted by Crippen LogP contribution is -2.35. The summed E-state index contributed by atoms with van der Waals surface area (Å²) in [6.07, 6.45) is 0. The fraction of sp³-hybridized carbons (Fsp3) is 0.400. The molecular weight excluding hydrogens is 291 g/mol. The van der Waals surface area contributed by atoms with Crippen LogP contribution in [-0.2, 0) is 0 Å². The van der Waals surface area contributed by atoms with E-state index in [-0.39, 0.29) is 12.1 Å². The van der Waals surface area contributed by atoms with E-state index < -0.39 is 0 Å². The average molecular weight is 306 g/mol. The molecule has 0 amide bonds. The van der Waals surface area contributed by atoms with Gasteiger partial charge in [0.1, 0.15) is 0 Å². The molecule has 0 heterocycles. The van der Waals surface area contributed by atoms with Crippen molar-refractivity contribution in [2.75, 3.05) is 17.7 Å². The van der Waals surface area contributed by atoms with Gasteiger partial charge in [-0.1, -0.05) is 0 Å². The zero-order valence-electron chi connectivity index (χ0n) is 8.34. The highest BCUT2D eigenvalue weighted by molar-refractivity contribution is 14.1. The Morgan fingerprint density at radius 3 is 2.64 bits per heavy atom. The van der Waals surface area contributed by atoms with E-state index >= 15 is 0 Å². The Hall–Kier alpha value is -0.490. The smallest absolute Gasteiger partial charge is 0.0656 e. The average Bonchev–Trinajstić information content (AvgIpc) is 2.10. The van der Waals surface area contributed by atoms with E-state index in [4.69, 9.17) is 10.8 Å². The molecule has 0 unspecified atom stereocenters. The fourth-order valence-corrected chi connectivity index (χ4v) is 1.71. The molecule has 0 aliphatic rings. The first-order chi connectivity index (χ1) is 6.44. The molecule has 0 bridgehead atoms. The van der Waals surface area contributed by atoms with Crippen molar-refractivity contribution in [2.24, 2.45) is 0 Å². The number of hydrogen-bond donors (Lipinski definition) is 3. The van der Waals surface area contributed by atoms with Gasteiger partial charge in [0.2, 0.25) is 0 Å². The zero-order valence-corrected chi connectivity index (χ0v) is 10.5. The first kappa shape index (κ1) is 11.6. The summed E-state index contributed by atoms with van der Waals surface area (Å²) in [6, 6.07) is 5.67. The van der Waals surface area contributed by atoms with E-state index in [1.165, 1.54) is 0 Å². The third-order valence-corrected chi connectivity index (χ3v) is 2.75. The Bertz CT molecular complexity index is 326. The fourth-order valence-electron chi connectivity index (χ4n) is 1.04. The highest BCUT2D eigenvalue weighted by Crippen LogP contribution is 2.23. The van der Waals surface area contributed by atoms with Crippen LogP contribution in [0, 0.1) is 3.57 Å². The van der Waals surface area contributed by atoms with Crippen molar-refractivity contribution in [3.8, 4) is 0 Å². The quantitative estimate of drug-likeness (QED) is 0.592. The molecule has 0 aliphatic carbocycles. The largest absolute Gasteiger partial charge is 0.399 e. The van der Waals surface area contributed by atoms with Crippen LogP contribution in [0.2, 0.25) is 0 Å². The van der Waals surface area contributed by atoms with Gasteiger partial charge in [-0.2, -0.15) is 0 Å². The minimum atomic E-state index is -0.309. The maximum Gasteiger partial charge on any atom is 0.0656 e. The van der Waals surface area contributed by atoms with Gasteiger partial charge in [0.05, 0.1) is 12.1 Å². The minimum absolute atomic E-state index is 0.0907. The topological polar surface area (TPSA) is 58.3 Å². The van der Waals surface area contributed by atoms with Crippen molar-refractivity contribution in [3.63, 3.8) is 0 Å². The van der Waals surface area contributed by atoms with Gasteiger partial charge in [-0.05, 0) is 54.6 Å². The first-order valence-corrected chi connectivity index (χ1v) is 5.46. The first-order valence-electron chi connectivity index (χ1n) is 4.39. The van der Waals surface area contributed by atoms with Crippen molar-refractivity contribution < 1.29 is 5.11 Å². The highest BCUT2D eigenvalue weighted by Gasteiger charge is 2.16. The molecule has 4 heteroatoms. The van der Waals surface area contributed by atoms with E-state index in [9.17, 15) is 0 Å². The van der Waals surface area contributed by atoms with Crippen molar-refractivity contribution >= 4 is 34.0 Å². The number of aliphatic hydroxyl groups excluding tert-OH is 1. The summed E-state index contributed by atoms with van der Waals surface area (Å²) in [5.41, 5.74) is 7.08. The van der Waals surface area contributed by atoms with Crippen LogP contribution in [0.3, 0.4) is 0 Å². The molecule has 0 radical (unpaired) electrons. The second kappa shape index (κ2) is 4.35. The molecular formula is C10H15IN2O. The predicted molar refractivity (Wildman–Crippen MR) is 68.4 cm³/mol. The van der Waals surface area contributed by atoms with E-state index in [0.29, 0.717) is 0 Å². The van der Waals surface area contributed by atoms with Gasteiger partial charge in [-0.25, -0.2) is 0 Å². The Morgan fingerprint density at radius 1 is 1.50 bits per heavy atom. The predicted octanol–water partition coefficient (Wildman–Crippen LogP) is 2.06. The van der Waals surface area contributed by atoms with Crippen molar-refractivity contribution in [3.05, 3.63) is 21.8 Å². The second-order valence-corrected chi connectivity index (χ2v) is 5.07. The summed E-state index contributed by atoms with van der Waals surface area (Å²) >= 11 is 2.22. The summed E-state index contributed by atoms with van der Waals surface area (Å²) in [4.78, 5) is 0. The standard InChI is InChI=1S/C10H15IN2O/c1-10(2,6-14)13-9-4-3-7(12)5-8(9)11/h3-5,13-14H,6,12H2,1-2H3. The molecule has 4 N–H and O–H groups in total. The molecule has 0 aliphatic heterocycles. The number of halogens is 1. The molecule has 14 heavy (non-hydrogen) atoms. The van der Waals surface area contributed by atoms with Crippen LogP contribution in [0.4, 0.5) is 11.4 Å². The Balaban J connectivity index is 2.87. The van der Waals surface area contributed by atoms with Gasteiger partial charge in [0.15, 0.2) is 0 Å². The Morgan fingerprint density at radius 2 is 2.14 bits per heavy atom. The van der Waals surface area contributed by atoms with Crippen molar-refractivity contribution in [1.29, 1.82) is 0 Å². The number of anilines is 2. The molecule has 3 nitrogen and oxygen atoms in total. The lowest BCUT2D eigenvalue weighted by molar-refractivity contribution is 0.234. The minimum Gasteiger partial charge on any atom is -0.399 e. The normalized spacial score (nSPS) is 11.4. The van der Waals surface area contributed by atoms with Gasteiger partial charge in [0, 0.05) is 14.9 Å². The molecule has 0 saturated carbocycles. The number of nitrogens with two attached hydrogens (primary N) is 1. The van der Waals surface area contributed by atoms with E-state index in [1.807, 2.05) is 32.0 Å². The number of nitrogen functional groups attached to an aromatic ring is 1. The van der Waals surface area contributed by atoms with Crippen LogP contribution in [-0.4, -0.2) is 17.3 Å². The molecule has 78 valence electrons. The summed E-state index contributed by atoms with van der Waals surface area (Å²) < 4.78 is 1.06. The maximum atomic E-state index is 9.11. The lowest BCUT2D eigenvalue weighted by atomic mass is 10.1. The number of aliphatic hydroxyl groups is 1. The molecule has 0 aromatic heterocycles. The second-order valence-electron chi connectivity index (χ2n) is 3.91. The molecule has 0 atom stereocenters. The van der Waals surface area contributed by atoms with Crippen LogP contribution in [0.5, 0.6) is 0 Å². The van der Waals surface area contributed by atoms with Crippen LogP contribution >= 0.6 is 22.6 Å². The van der Waals surface area contributed by atoms with Crippen LogP contribution in [0.25, 0.3) is 0 Å². The van der Waals surface area contributed by atoms with Gasteiger partial charge >= 0.3 is 0 Å². The Labute approximate surface area is 97.8 Å².